The Morgan fingerprint density at radius 3 is 2.62 bits per heavy atom. The highest BCUT2D eigenvalue weighted by atomic mass is 16.7. The van der Waals surface area contributed by atoms with Gasteiger partial charge in [0.05, 0.1) is 0 Å². The van der Waals surface area contributed by atoms with Crippen LogP contribution in [-0.2, 0) is 0 Å². The molecule has 2 unspecified atom stereocenters. The van der Waals surface area contributed by atoms with E-state index in [1.165, 1.54) is 32.1 Å². The van der Waals surface area contributed by atoms with E-state index >= 15 is 0 Å². The zero-order chi connectivity index (χ0) is 14.9. The molecule has 0 aromatic heterocycles. The van der Waals surface area contributed by atoms with E-state index in [1.54, 1.807) is 0 Å². The first-order chi connectivity index (χ1) is 10.0. The minimum Gasteiger partial charge on any atom is -0.454 e. The van der Waals surface area contributed by atoms with Crippen LogP contribution in [0.15, 0.2) is 18.2 Å². The van der Waals surface area contributed by atoms with Crippen LogP contribution >= 0.6 is 0 Å². The molecule has 0 amide bonds. The second-order valence-electron chi connectivity index (χ2n) is 7.48. The Labute approximate surface area is 128 Å². The Bertz CT molecular complexity index is 492. The van der Waals surface area contributed by atoms with Gasteiger partial charge in [0.25, 0.3) is 0 Å². The molecule has 1 aliphatic carbocycles. The highest BCUT2D eigenvalue weighted by Crippen LogP contribution is 2.38. The van der Waals surface area contributed by atoms with Crippen LogP contribution in [0, 0.1) is 11.3 Å². The summed E-state index contributed by atoms with van der Waals surface area (Å²) in [5, 5.41) is 3.69. The number of hydrogen-bond acceptors (Lipinski definition) is 3. The molecule has 1 N–H and O–H groups in total. The summed E-state index contributed by atoms with van der Waals surface area (Å²) >= 11 is 0. The van der Waals surface area contributed by atoms with Crippen LogP contribution in [0.5, 0.6) is 11.5 Å². The standard InChI is InChI=1S/C18H27NO2/c1-18(2,3)13-5-4-6-14(8-7-13)19-15-9-10-16-17(11-15)21-12-20-16/h9-11,13-14,19H,4-8,12H2,1-3H3. The number of rotatable bonds is 2. The average molecular weight is 289 g/mol. The molecule has 2 aliphatic rings. The maximum Gasteiger partial charge on any atom is 0.231 e. The summed E-state index contributed by atoms with van der Waals surface area (Å²) in [6, 6.07) is 6.74. The van der Waals surface area contributed by atoms with Crippen molar-refractivity contribution in [1.82, 2.24) is 0 Å². The van der Waals surface area contributed by atoms with Gasteiger partial charge in [-0.05, 0) is 49.1 Å². The number of anilines is 1. The number of benzene rings is 1. The van der Waals surface area contributed by atoms with E-state index in [0.29, 0.717) is 18.2 Å². The first-order valence-electron chi connectivity index (χ1n) is 8.18. The monoisotopic (exact) mass is 289 g/mol. The van der Waals surface area contributed by atoms with Crippen molar-refractivity contribution in [2.45, 2.75) is 58.9 Å². The summed E-state index contributed by atoms with van der Waals surface area (Å²) in [4.78, 5) is 0. The van der Waals surface area contributed by atoms with Gasteiger partial charge in [-0.1, -0.05) is 27.2 Å². The minimum atomic E-state index is 0.343. The molecule has 3 nitrogen and oxygen atoms in total. The smallest absolute Gasteiger partial charge is 0.231 e. The van der Waals surface area contributed by atoms with Crippen molar-refractivity contribution in [1.29, 1.82) is 0 Å². The van der Waals surface area contributed by atoms with Crippen LogP contribution in [0.2, 0.25) is 0 Å². The van der Waals surface area contributed by atoms with Gasteiger partial charge >= 0.3 is 0 Å². The van der Waals surface area contributed by atoms with E-state index in [2.05, 4.69) is 38.2 Å². The molecule has 2 atom stereocenters. The fraction of sp³-hybridized carbons (Fsp3) is 0.667. The van der Waals surface area contributed by atoms with Crippen molar-refractivity contribution in [3.8, 4) is 11.5 Å². The number of nitrogens with one attached hydrogen (secondary N) is 1. The molecule has 21 heavy (non-hydrogen) atoms. The number of ether oxygens (including phenoxy) is 2. The molecule has 116 valence electrons. The molecular formula is C18H27NO2. The van der Waals surface area contributed by atoms with Crippen molar-refractivity contribution < 1.29 is 9.47 Å². The molecule has 0 spiro atoms. The maximum absolute atomic E-state index is 5.45. The van der Waals surface area contributed by atoms with Gasteiger partial charge in [0.15, 0.2) is 11.5 Å². The molecule has 1 aromatic rings. The topological polar surface area (TPSA) is 30.5 Å². The first kappa shape index (κ1) is 14.6. The Hall–Kier alpha value is -1.38. The zero-order valence-electron chi connectivity index (χ0n) is 13.4. The lowest BCUT2D eigenvalue weighted by Gasteiger charge is -2.29. The van der Waals surface area contributed by atoms with Crippen LogP contribution in [0.1, 0.15) is 52.9 Å². The Morgan fingerprint density at radius 2 is 1.81 bits per heavy atom. The van der Waals surface area contributed by atoms with Crippen LogP contribution in [0.3, 0.4) is 0 Å². The Kier molecular flexibility index (Phi) is 4.01. The fourth-order valence-electron chi connectivity index (χ4n) is 3.53. The van der Waals surface area contributed by atoms with Crippen LogP contribution in [0.25, 0.3) is 0 Å². The molecule has 1 heterocycles. The molecule has 0 radical (unpaired) electrons. The summed E-state index contributed by atoms with van der Waals surface area (Å²) in [5.74, 6) is 2.57. The van der Waals surface area contributed by atoms with Gasteiger partial charge < -0.3 is 14.8 Å². The molecule has 3 rings (SSSR count). The SMILES string of the molecule is CC(C)(C)C1CCCC(Nc2ccc3c(c2)OCO3)CC1. The normalized spacial score (nSPS) is 25.5. The maximum atomic E-state index is 5.45. The molecule has 1 fully saturated rings. The van der Waals surface area contributed by atoms with E-state index in [9.17, 15) is 0 Å². The lowest BCUT2D eigenvalue weighted by molar-refractivity contribution is 0.174. The van der Waals surface area contributed by atoms with Crippen LogP contribution < -0.4 is 14.8 Å². The van der Waals surface area contributed by atoms with Crippen molar-refractivity contribution in [3.63, 3.8) is 0 Å². The van der Waals surface area contributed by atoms with Crippen molar-refractivity contribution in [2.24, 2.45) is 11.3 Å². The molecule has 1 saturated carbocycles. The predicted molar refractivity (Wildman–Crippen MR) is 86.0 cm³/mol. The molecule has 0 saturated heterocycles. The second-order valence-corrected chi connectivity index (χ2v) is 7.48. The summed E-state index contributed by atoms with van der Waals surface area (Å²) in [7, 11) is 0. The van der Waals surface area contributed by atoms with Gasteiger partial charge in [-0.3, -0.25) is 0 Å². The van der Waals surface area contributed by atoms with Crippen LogP contribution in [0.4, 0.5) is 5.69 Å². The number of hydrogen-bond donors (Lipinski definition) is 1. The van der Waals surface area contributed by atoms with Crippen molar-refractivity contribution in [3.05, 3.63) is 18.2 Å². The third kappa shape index (κ3) is 3.45. The van der Waals surface area contributed by atoms with Gasteiger partial charge in [-0.2, -0.15) is 0 Å². The molecular weight excluding hydrogens is 262 g/mol. The van der Waals surface area contributed by atoms with Gasteiger partial charge in [0.2, 0.25) is 6.79 Å². The van der Waals surface area contributed by atoms with Gasteiger partial charge in [-0.25, -0.2) is 0 Å². The lowest BCUT2D eigenvalue weighted by Crippen LogP contribution is -2.21. The van der Waals surface area contributed by atoms with Gasteiger partial charge in [0, 0.05) is 17.8 Å². The summed E-state index contributed by atoms with van der Waals surface area (Å²) in [6.45, 7) is 7.48. The van der Waals surface area contributed by atoms with Crippen molar-refractivity contribution >= 4 is 5.69 Å². The highest BCUT2D eigenvalue weighted by molar-refractivity contribution is 5.56. The first-order valence-corrected chi connectivity index (χ1v) is 8.18. The highest BCUT2D eigenvalue weighted by Gasteiger charge is 2.27. The van der Waals surface area contributed by atoms with Gasteiger partial charge in [-0.15, -0.1) is 0 Å². The molecule has 1 aromatic carbocycles. The summed E-state index contributed by atoms with van der Waals surface area (Å²) in [5.41, 5.74) is 1.59. The largest absolute Gasteiger partial charge is 0.454 e. The average Bonchev–Trinajstić information content (AvgIpc) is 2.75. The third-order valence-corrected chi connectivity index (χ3v) is 4.94. The Balaban J connectivity index is 1.61. The van der Waals surface area contributed by atoms with Crippen molar-refractivity contribution in [2.75, 3.05) is 12.1 Å². The minimum absolute atomic E-state index is 0.343. The second kappa shape index (κ2) is 5.78. The van der Waals surface area contributed by atoms with E-state index in [4.69, 9.17) is 9.47 Å². The fourth-order valence-corrected chi connectivity index (χ4v) is 3.53. The summed E-state index contributed by atoms with van der Waals surface area (Å²) in [6.07, 6.45) is 6.54. The molecule has 3 heteroatoms. The number of fused-ring (bicyclic) bond motifs is 1. The molecule has 0 bridgehead atoms. The van der Waals surface area contributed by atoms with E-state index in [-0.39, 0.29) is 0 Å². The van der Waals surface area contributed by atoms with E-state index < -0.39 is 0 Å². The Morgan fingerprint density at radius 1 is 1.00 bits per heavy atom. The van der Waals surface area contributed by atoms with E-state index in [1.807, 2.05) is 6.07 Å². The quantitative estimate of drug-likeness (QED) is 0.792. The van der Waals surface area contributed by atoms with E-state index in [0.717, 1.165) is 23.1 Å². The zero-order valence-corrected chi connectivity index (χ0v) is 13.4. The third-order valence-electron chi connectivity index (χ3n) is 4.94. The van der Waals surface area contributed by atoms with Crippen LogP contribution in [-0.4, -0.2) is 12.8 Å². The van der Waals surface area contributed by atoms with Gasteiger partial charge in [0.1, 0.15) is 0 Å². The summed E-state index contributed by atoms with van der Waals surface area (Å²) < 4.78 is 10.8. The molecule has 1 aliphatic heterocycles. The lowest BCUT2D eigenvalue weighted by atomic mass is 9.76. The predicted octanol–water partition coefficient (Wildman–Crippen LogP) is 4.82.